The highest BCUT2D eigenvalue weighted by Crippen LogP contribution is 2.18. The van der Waals surface area contributed by atoms with Crippen LogP contribution in [0.1, 0.15) is 27.2 Å². The summed E-state index contributed by atoms with van der Waals surface area (Å²) in [4.78, 5) is 0. The average Bonchev–Trinajstić information content (AvgIpc) is 2.04. The van der Waals surface area contributed by atoms with Gasteiger partial charge in [0.05, 0.1) is 0 Å². The minimum atomic E-state index is 0.583. The normalized spacial score (nSPS) is 16.5. The van der Waals surface area contributed by atoms with E-state index in [0.717, 1.165) is 24.9 Å². The Morgan fingerprint density at radius 3 is 2.17 bits per heavy atom. The van der Waals surface area contributed by atoms with Crippen molar-refractivity contribution in [3.8, 4) is 0 Å². The predicted octanol–water partition coefficient (Wildman–Crippen LogP) is 1.90. The van der Waals surface area contributed by atoms with E-state index in [1.165, 1.54) is 0 Å². The highest BCUT2D eigenvalue weighted by atomic mass is 16.5. The second kappa shape index (κ2) is 6.44. The minimum Gasteiger partial charge on any atom is -0.385 e. The molecule has 2 atom stereocenters. The summed E-state index contributed by atoms with van der Waals surface area (Å²) >= 11 is 0. The highest BCUT2D eigenvalue weighted by Gasteiger charge is 2.18. The SMILES string of the molecule is CNC(C)C(CCOC)C(C)C. The van der Waals surface area contributed by atoms with Crippen LogP contribution in [0.25, 0.3) is 0 Å². The summed E-state index contributed by atoms with van der Waals surface area (Å²) < 4.78 is 5.09. The first-order valence-electron chi connectivity index (χ1n) is 4.79. The zero-order valence-corrected chi connectivity index (χ0v) is 9.05. The first-order valence-corrected chi connectivity index (χ1v) is 4.79. The number of rotatable bonds is 6. The van der Waals surface area contributed by atoms with Crippen LogP contribution in [0.15, 0.2) is 0 Å². The van der Waals surface area contributed by atoms with Gasteiger partial charge < -0.3 is 10.1 Å². The maximum absolute atomic E-state index is 5.09. The topological polar surface area (TPSA) is 21.3 Å². The molecule has 0 radical (unpaired) electrons. The molecule has 0 fully saturated rings. The molecule has 0 aromatic rings. The Bertz CT molecular complexity index is 104. The summed E-state index contributed by atoms with van der Waals surface area (Å²) in [5.74, 6) is 1.44. The zero-order chi connectivity index (χ0) is 9.56. The summed E-state index contributed by atoms with van der Waals surface area (Å²) in [5.41, 5.74) is 0. The molecule has 0 aromatic heterocycles. The molecule has 0 saturated heterocycles. The Balaban J connectivity index is 3.85. The summed E-state index contributed by atoms with van der Waals surface area (Å²) in [5, 5.41) is 3.30. The lowest BCUT2D eigenvalue weighted by Gasteiger charge is -2.26. The third-order valence-electron chi connectivity index (χ3n) is 2.61. The quantitative estimate of drug-likeness (QED) is 0.662. The molecule has 0 aliphatic heterocycles. The molecular weight excluding hydrogens is 150 g/mol. The molecule has 0 aromatic carbocycles. The van der Waals surface area contributed by atoms with Crippen LogP contribution in [-0.4, -0.2) is 26.8 Å². The van der Waals surface area contributed by atoms with E-state index in [0.29, 0.717) is 6.04 Å². The van der Waals surface area contributed by atoms with E-state index < -0.39 is 0 Å². The highest BCUT2D eigenvalue weighted by molar-refractivity contribution is 4.73. The van der Waals surface area contributed by atoms with Gasteiger partial charge in [0.15, 0.2) is 0 Å². The molecule has 12 heavy (non-hydrogen) atoms. The predicted molar refractivity (Wildman–Crippen MR) is 53.3 cm³/mol. The molecule has 74 valence electrons. The standard InChI is InChI=1S/C10H23NO/c1-8(2)10(6-7-12-5)9(3)11-4/h8-11H,6-7H2,1-5H3. The summed E-state index contributed by atoms with van der Waals surface area (Å²) in [6, 6.07) is 0.583. The van der Waals surface area contributed by atoms with Crippen molar-refractivity contribution in [2.45, 2.75) is 33.2 Å². The van der Waals surface area contributed by atoms with Crippen LogP contribution in [0.3, 0.4) is 0 Å². The Hall–Kier alpha value is -0.0800. The van der Waals surface area contributed by atoms with E-state index in [2.05, 4.69) is 26.1 Å². The summed E-state index contributed by atoms with van der Waals surface area (Å²) in [7, 11) is 3.79. The number of hydrogen-bond donors (Lipinski definition) is 1. The largest absolute Gasteiger partial charge is 0.385 e. The maximum atomic E-state index is 5.09. The molecule has 0 heterocycles. The fourth-order valence-corrected chi connectivity index (χ4v) is 1.63. The molecular formula is C10H23NO. The lowest BCUT2D eigenvalue weighted by atomic mass is 9.87. The number of methoxy groups -OCH3 is 1. The van der Waals surface area contributed by atoms with Crippen molar-refractivity contribution in [2.75, 3.05) is 20.8 Å². The molecule has 0 aliphatic rings. The van der Waals surface area contributed by atoms with E-state index in [4.69, 9.17) is 4.74 Å². The van der Waals surface area contributed by atoms with Gasteiger partial charge in [0.25, 0.3) is 0 Å². The maximum Gasteiger partial charge on any atom is 0.0465 e. The van der Waals surface area contributed by atoms with Crippen molar-refractivity contribution in [3.63, 3.8) is 0 Å². The molecule has 1 N–H and O–H groups in total. The molecule has 0 rings (SSSR count). The van der Waals surface area contributed by atoms with Gasteiger partial charge in [-0.1, -0.05) is 13.8 Å². The van der Waals surface area contributed by atoms with Crippen molar-refractivity contribution in [3.05, 3.63) is 0 Å². The van der Waals surface area contributed by atoms with Crippen molar-refractivity contribution in [2.24, 2.45) is 11.8 Å². The Kier molecular flexibility index (Phi) is 6.39. The lowest BCUT2D eigenvalue weighted by molar-refractivity contribution is 0.152. The van der Waals surface area contributed by atoms with E-state index in [1.54, 1.807) is 7.11 Å². The minimum absolute atomic E-state index is 0.583. The van der Waals surface area contributed by atoms with E-state index >= 15 is 0 Å². The van der Waals surface area contributed by atoms with Gasteiger partial charge in [-0.2, -0.15) is 0 Å². The van der Waals surface area contributed by atoms with Gasteiger partial charge in [-0.15, -0.1) is 0 Å². The fraction of sp³-hybridized carbons (Fsp3) is 1.00. The van der Waals surface area contributed by atoms with Gasteiger partial charge in [-0.3, -0.25) is 0 Å². The van der Waals surface area contributed by atoms with E-state index in [9.17, 15) is 0 Å². The van der Waals surface area contributed by atoms with Crippen LogP contribution >= 0.6 is 0 Å². The van der Waals surface area contributed by atoms with Gasteiger partial charge >= 0.3 is 0 Å². The zero-order valence-electron chi connectivity index (χ0n) is 9.05. The second-order valence-corrected chi connectivity index (χ2v) is 3.77. The van der Waals surface area contributed by atoms with Gasteiger partial charge in [-0.05, 0) is 32.2 Å². The molecule has 0 saturated carbocycles. The van der Waals surface area contributed by atoms with Crippen LogP contribution in [0, 0.1) is 11.8 Å². The first kappa shape index (κ1) is 11.9. The molecule has 0 aliphatic carbocycles. The Morgan fingerprint density at radius 1 is 1.25 bits per heavy atom. The van der Waals surface area contributed by atoms with Gasteiger partial charge in [0, 0.05) is 19.8 Å². The number of ether oxygens (including phenoxy) is 1. The second-order valence-electron chi connectivity index (χ2n) is 3.77. The molecule has 0 bridgehead atoms. The smallest absolute Gasteiger partial charge is 0.0465 e. The average molecular weight is 173 g/mol. The van der Waals surface area contributed by atoms with E-state index in [1.807, 2.05) is 7.05 Å². The molecule has 2 nitrogen and oxygen atoms in total. The number of nitrogens with one attached hydrogen (secondary N) is 1. The molecule has 0 spiro atoms. The van der Waals surface area contributed by atoms with Crippen molar-refractivity contribution >= 4 is 0 Å². The summed E-state index contributed by atoms with van der Waals surface area (Å²) in [6.45, 7) is 7.65. The van der Waals surface area contributed by atoms with Crippen molar-refractivity contribution in [1.82, 2.24) is 5.32 Å². The van der Waals surface area contributed by atoms with Crippen molar-refractivity contribution in [1.29, 1.82) is 0 Å². The van der Waals surface area contributed by atoms with Crippen LogP contribution in [0.4, 0.5) is 0 Å². The Morgan fingerprint density at radius 2 is 1.83 bits per heavy atom. The molecule has 2 unspecified atom stereocenters. The Labute approximate surface area is 76.7 Å². The first-order chi connectivity index (χ1) is 5.63. The monoisotopic (exact) mass is 173 g/mol. The van der Waals surface area contributed by atoms with Crippen LogP contribution in [0.5, 0.6) is 0 Å². The fourth-order valence-electron chi connectivity index (χ4n) is 1.63. The van der Waals surface area contributed by atoms with Gasteiger partial charge in [-0.25, -0.2) is 0 Å². The van der Waals surface area contributed by atoms with Gasteiger partial charge in [0.1, 0.15) is 0 Å². The third-order valence-corrected chi connectivity index (χ3v) is 2.61. The van der Waals surface area contributed by atoms with Crippen molar-refractivity contribution < 1.29 is 4.74 Å². The van der Waals surface area contributed by atoms with Gasteiger partial charge in [0.2, 0.25) is 0 Å². The molecule has 0 amide bonds. The number of hydrogen-bond acceptors (Lipinski definition) is 2. The van der Waals surface area contributed by atoms with E-state index in [-0.39, 0.29) is 0 Å². The molecule has 2 heteroatoms. The third kappa shape index (κ3) is 4.07. The lowest BCUT2D eigenvalue weighted by Crippen LogP contribution is -2.34. The van der Waals surface area contributed by atoms with Crippen LogP contribution in [-0.2, 0) is 4.74 Å². The summed E-state index contributed by atoms with van der Waals surface area (Å²) in [6.07, 6.45) is 1.15. The van der Waals surface area contributed by atoms with Crippen LogP contribution < -0.4 is 5.32 Å². The van der Waals surface area contributed by atoms with Crippen LogP contribution in [0.2, 0.25) is 0 Å².